The SMILES string of the molecule is CC(C)COC(=O)CC1C(=O)NCCN1C(=S)NC(=O)c1cccc(OCCOc2ccccc2)c1. The third-order valence-electron chi connectivity index (χ3n) is 5.21. The van der Waals surface area contributed by atoms with Gasteiger partial charge in [0.1, 0.15) is 30.8 Å². The summed E-state index contributed by atoms with van der Waals surface area (Å²) in [7, 11) is 0. The van der Waals surface area contributed by atoms with E-state index in [1.807, 2.05) is 44.2 Å². The van der Waals surface area contributed by atoms with Crippen molar-refractivity contribution in [2.45, 2.75) is 26.3 Å². The first kappa shape index (κ1) is 26.9. The minimum Gasteiger partial charge on any atom is -0.490 e. The fourth-order valence-corrected chi connectivity index (χ4v) is 3.75. The van der Waals surface area contributed by atoms with Crippen molar-refractivity contribution in [3.05, 3.63) is 60.2 Å². The predicted octanol–water partition coefficient (Wildman–Crippen LogP) is 2.55. The van der Waals surface area contributed by atoms with Crippen LogP contribution >= 0.6 is 12.2 Å². The number of para-hydroxylation sites is 1. The minimum atomic E-state index is -0.856. The van der Waals surface area contributed by atoms with Gasteiger partial charge in [-0.05, 0) is 48.5 Å². The molecule has 0 saturated carbocycles. The quantitative estimate of drug-likeness (QED) is 0.284. The van der Waals surface area contributed by atoms with E-state index < -0.39 is 17.9 Å². The molecule has 1 fully saturated rings. The first-order valence-electron chi connectivity index (χ1n) is 11.8. The van der Waals surface area contributed by atoms with Crippen LogP contribution in [0, 0.1) is 5.92 Å². The minimum absolute atomic E-state index is 0.0686. The molecule has 2 aromatic rings. The van der Waals surface area contributed by atoms with Gasteiger partial charge in [0.25, 0.3) is 5.91 Å². The Hall–Kier alpha value is -3.66. The number of carbonyl (C=O) groups excluding carboxylic acids is 3. The molecule has 0 aliphatic carbocycles. The number of thiocarbonyl (C=S) groups is 1. The van der Waals surface area contributed by atoms with Crippen LogP contribution < -0.4 is 20.1 Å². The molecule has 36 heavy (non-hydrogen) atoms. The number of esters is 1. The highest BCUT2D eigenvalue weighted by Gasteiger charge is 2.34. The molecule has 2 aromatic carbocycles. The zero-order valence-corrected chi connectivity index (χ0v) is 21.2. The smallest absolute Gasteiger partial charge is 0.308 e. The standard InChI is InChI=1S/C26H31N3O6S/c1-18(2)17-35-23(30)16-22-25(32)27-11-12-29(22)26(36)28-24(31)19-7-6-10-21(15-19)34-14-13-33-20-8-4-3-5-9-20/h3-10,15,18,22H,11-14,16-17H2,1-2H3,(H,27,32)(H,28,31,36). The van der Waals surface area contributed by atoms with Gasteiger partial charge in [-0.2, -0.15) is 0 Å². The van der Waals surface area contributed by atoms with Crippen LogP contribution in [0.25, 0.3) is 0 Å². The predicted molar refractivity (Wildman–Crippen MR) is 138 cm³/mol. The Labute approximate surface area is 216 Å². The van der Waals surface area contributed by atoms with Crippen molar-refractivity contribution in [3.63, 3.8) is 0 Å². The van der Waals surface area contributed by atoms with E-state index in [4.69, 9.17) is 26.4 Å². The molecule has 2 N–H and O–H groups in total. The average Bonchev–Trinajstić information content (AvgIpc) is 2.87. The highest BCUT2D eigenvalue weighted by Crippen LogP contribution is 2.15. The van der Waals surface area contributed by atoms with Crippen LogP contribution in [0.1, 0.15) is 30.6 Å². The summed E-state index contributed by atoms with van der Waals surface area (Å²) in [5.74, 6) is 0.159. The molecule has 1 aliphatic heterocycles. The van der Waals surface area contributed by atoms with Crippen LogP contribution in [0.2, 0.25) is 0 Å². The second kappa shape index (κ2) is 13.4. The van der Waals surface area contributed by atoms with Crippen molar-refractivity contribution < 1.29 is 28.6 Å². The van der Waals surface area contributed by atoms with Gasteiger partial charge in [0, 0.05) is 18.7 Å². The lowest BCUT2D eigenvalue weighted by molar-refractivity contribution is -0.148. The van der Waals surface area contributed by atoms with Crippen LogP contribution in [-0.4, -0.2) is 66.7 Å². The van der Waals surface area contributed by atoms with Crippen molar-refractivity contribution in [3.8, 4) is 11.5 Å². The van der Waals surface area contributed by atoms with Gasteiger partial charge in [-0.25, -0.2) is 0 Å². The van der Waals surface area contributed by atoms with Gasteiger partial charge in [-0.1, -0.05) is 38.1 Å². The highest BCUT2D eigenvalue weighted by atomic mass is 32.1. The molecule has 1 saturated heterocycles. The fourth-order valence-electron chi connectivity index (χ4n) is 3.44. The Bertz CT molecular complexity index is 1060. The zero-order chi connectivity index (χ0) is 25.9. The van der Waals surface area contributed by atoms with Gasteiger partial charge >= 0.3 is 5.97 Å². The molecule has 9 nitrogen and oxygen atoms in total. The Morgan fingerprint density at radius 2 is 1.78 bits per heavy atom. The second-order valence-electron chi connectivity index (χ2n) is 8.58. The zero-order valence-electron chi connectivity index (χ0n) is 20.4. The van der Waals surface area contributed by atoms with Crippen LogP contribution in [-0.2, 0) is 14.3 Å². The third kappa shape index (κ3) is 8.23. The van der Waals surface area contributed by atoms with Crippen LogP contribution in [0.15, 0.2) is 54.6 Å². The summed E-state index contributed by atoms with van der Waals surface area (Å²) in [5.41, 5.74) is 0.341. The third-order valence-corrected chi connectivity index (χ3v) is 5.55. The number of hydrogen-bond donors (Lipinski definition) is 2. The van der Waals surface area contributed by atoms with Gasteiger partial charge in [0.15, 0.2) is 5.11 Å². The number of ether oxygens (including phenoxy) is 3. The molecule has 0 spiro atoms. The molecule has 0 radical (unpaired) electrons. The summed E-state index contributed by atoms with van der Waals surface area (Å²) < 4.78 is 16.5. The number of amides is 2. The van der Waals surface area contributed by atoms with Crippen LogP contribution in [0.4, 0.5) is 0 Å². The van der Waals surface area contributed by atoms with E-state index >= 15 is 0 Å². The molecule has 0 aromatic heterocycles. The summed E-state index contributed by atoms with van der Waals surface area (Å²) in [6.07, 6.45) is -0.164. The van der Waals surface area contributed by atoms with Gasteiger partial charge in [-0.15, -0.1) is 0 Å². The normalized spacial score (nSPS) is 15.1. The van der Waals surface area contributed by atoms with E-state index in [9.17, 15) is 14.4 Å². The molecule has 1 aliphatic rings. The van der Waals surface area contributed by atoms with E-state index in [1.54, 1.807) is 29.2 Å². The summed E-state index contributed by atoms with van der Waals surface area (Å²) in [4.78, 5) is 39.1. The molecule has 0 bridgehead atoms. The Kier molecular flexibility index (Phi) is 10.1. The van der Waals surface area contributed by atoms with Gasteiger partial charge < -0.3 is 24.4 Å². The summed E-state index contributed by atoms with van der Waals surface area (Å²) in [6, 6.07) is 15.2. The Morgan fingerprint density at radius 1 is 1.08 bits per heavy atom. The van der Waals surface area contributed by atoms with Gasteiger partial charge in [0.05, 0.1) is 13.0 Å². The maximum atomic E-state index is 12.9. The van der Waals surface area contributed by atoms with Crippen molar-refractivity contribution in [1.29, 1.82) is 0 Å². The van der Waals surface area contributed by atoms with Crippen molar-refractivity contribution in [1.82, 2.24) is 15.5 Å². The number of nitrogens with one attached hydrogen (secondary N) is 2. The van der Waals surface area contributed by atoms with Crippen molar-refractivity contribution in [2.24, 2.45) is 5.92 Å². The molecule has 192 valence electrons. The molecule has 1 atom stereocenters. The van der Waals surface area contributed by atoms with E-state index in [-0.39, 0.29) is 30.0 Å². The lowest BCUT2D eigenvalue weighted by atomic mass is 10.1. The highest BCUT2D eigenvalue weighted by molar-refractivity contribution is 7.80. The monoisotopic (exact) mass is 513 g/mol. The van der Waals surface area contributed by atoms with Crippen molar-refractivity contribution >= 4 is 35.1 Å². The molecule has 1 unspecified atom stereocenters. The molecular formula is C26H31N3O6S. The maximum absolute atomic E-state index is 12.9. The average molecular weight is 514 g/mol. The fraction of sp³-hybridized carbons (Fsp3) is 0.385. The topological polar surface area (TPSA) is 106 Å². The number of nitrogens with zero attached hydrogens (tertiary/aromatic N) is 1. The second-order valence-corrected chi connectivity index (χ2v) is 8.96. The van der Waals surface area contributed by atoms with Crippen molar-refractivity contribution in [2.75, 3.05) is 32.9 Å². The van der Waals surface area contributed by atoms with E-state index in [0.717, 1.165) is 5.75 Å². The lowest BCUT2D eigenvalue weighted by Gasteiger charge is -2.36. The summed E-state index contributed by atoms with van der Waals surface area (Å²) in [5, 5.41) is 5.46. The number of benzene rings is 2. The number of carbonyl (C=O) groups is 3. The molecule has 3 rings (SSSR count). The number of hydrogen-bond acceptors (Lipinski definition) is 7. The molecule has 10 heteroatoms. The summed E-state index contributed by atoms with van der Waals surface area (Å²) >= 11 is 5.42. The van der Waals surface area contributed by atoms with Gasteiger partial charge in [-0.3, -0.25) is 19.7 Å². The van der Waals surface area contributed by atoms with Gasteiger partial charge in [0.2, 0.25) is 5.91 Å². The Morgan fingerprint density at radius 3 is 2.50 bits per heavy atom. The van der Waals surface area contributed by atoms with E-state index in [2.05, 4.69) is 10.6 Å². The maximum Gasteiger partial charge on any atom is 0.308 e. The number of rotatable bonds is 10. The number of piperazine rings is 1. The first-order chi connectivity index (χ1) is 17.3. The summed E-state index contributed by atoms with van der Waals surface area (Å²) in [6.45, 7) is 5.48. The Balaban J connectivity index is 1.54. The van der Waals surface area contributed by atoms with Crippen LogP contribution in [0.5, 0.6) is 11.5 Å². The largest absolute Gasteiger partial charge is 0.490 e. The lowest BCUT2D eigenvalue weighted by Crippen LogP contribution is -2.60. The van der Waals surface area contributed by atoms with Crippen LogP contribution in [0.3, 0.4) is 0 Å². The van der Waals surface area contributed by atoms with E-state index in [0.29, 0.717) is 37.6 Å². The molecule has 2 amide bonds. The van der Waals surface area contributed by atoms with E-state index in [1.165, 1.54) is 0 Å². The molecular weight excluding hydrogens is 482 g/mol. The first-order valence-corrected chi connectivity index (χ1v) is 12.2. The molecule has 1 heterocycles.